The first-order valence-corrected chi connectivity index (χ1v) is 21.6. The van der Waals surface area contributed by atoms with Crippen LogP contribution in [0.2, 0.25) is 5.15 Å². The van der Waals surface area contributed by atoms with E-state index in [1.54, 1.807) is 50.7 Å². The average molecular weight is 869 g/mol. The van der Waals surface area contributed by atoms with Gasteiger partial charge in [-0.3, -0.25) is 9.59 Å². The van der Waals surface area contributed by atoms with Crippen molar-refractivity contribution < 1.29 is 19.8 Å². The number of hydrogen-bond acceptors (Lipinski definition) is 10. The van der Waals surface area contributed by atoms with Crippen molar-refractivity contribution >= 4 is 46.1 Å². The third-order valence-corrected chi connectivity index (χ3v) is 10.9. The van der Waals surface area contributed by atoms with Crippen LogP contribution in [0.1, 0.15) is 85.2 Å². The second kappa shape index (κ2) is 17.4. The van der Waals surface area contributed by atoms with Gasteiger partial charge >= 0.3 is 0 Å². The number of benzene rings is 3. The predicted octanol–water partition coefficient (Wildman–Crippen LogP) is 7.88. The topological polar surface area (TPSA) is 183 Å². The first-order chi connectivity index (χ1) is 30.0. The van der Waals surface area contributed by atoms with Crippen LogP contribution in [0.25, 0.3) is 45.1 Å². The first-order valence-electron chi connectivity index (χ1n) is 21.2. The third kappa shape index (κ3) is 10.5. The molecule has 0 spiro atoms. The number of aliphatic hydroxyl groups is 2. The smallest absolute Gasteiger partial charge is 0.251 e. The van der Waals surface area contributed by atoms with E-state index in [-0.39, 0.29) is 11.8 Å². The number of aryl methyl sites for hydroxylation is 2. The molecular formula is C48H53ClN10O4. The Morgan fingerprint density at radius 2 is 1.11 bits per heavy atom. The number of aromatic nitrogens is 6. The number of imidazole rings is 2. The van der Waals surface area contributed by atoms with Crippen molar-refractivity contribution in [3.8, 4) is 33.8 Å². The predicted molar refractivity (Wildman–Crippen MR) is 247 cm³/mol. The number of nitrogens with one attached hydrogen (secondary N) is 4. The summed E-state index contributed by atoms with van der Waals surface area (Å²) in [5.74, 6) is -0.0544. The summed E-state index contributed by atoms with van der Waals surface area (Å²) in [5, 5.41) is 42.4. The molecule has 6 N–H and O–H groups in total. The van der Waals surface area contributed by atoms with Gasteiger partial charge in [0.15, 0.2) is 16.4 Å². The van der Waals surface area contributed by atoms with Crippen LogP contribution in [0.3, 0.4) is 0 Å². The largest absolute Gasteiger partial charge is 0.389 e. The van der Waals surface area contributed by atoms with E-state index < -0.39 is 11.2 Å². The lowest BCUT2D eigenvalue weighted by Gasteiger charge is -2.19. The minimum Gasteiger partial charge on any atom is -0.389 e. The Kier molecular flexibility index (Phi) is 12.0. The zero-order valence-electron chi connectivity index (χ0n) is 36.3. The molecule has 0 atom stereocenters. The van der Waals surface area contributed by atoms with Gasteiger partial charge in [0.05, 0.1) is 52.1 Å². The summed E-state index contributed by atoms with van der Waals surface area (Å²) >= 11 is 6.23. The zero-order chi connectivity index (χ0) is 44.6. The molecule has 2 aliphatic rings. The van der Waals surface area contributed by atoms with Gasteiger partial charge in [-0.15, -0.1) is 0 Å². The molecule has 0 aliphatic heterocycles. The summed E-state index contributed by atoms with van der Waals surface area (Å²) in [7, 11) is 0. The number of amides is 2. The molecule has 2 saturated carbocycles. The van der Waals surface area contributed by atoms with Crippen molar-refractivity contribution in [3.63, 3.8) is 0 Å². The average Bonchev–Trinajstić information content (AvgIpc) is 4.15. The lowest BCUT2D eigenvalue weighted by atomic mass is 10.0. The molecule has 2 amide bonds. The number of fused-ring (bicyclic) bond motifs is 2. The van der Waals surface area contributed by atoms with Crippen molar-refractivity contribution in [2.75, 3.05) is 23.7 Å². The molecule has 9 rings (SSSR count). The van der Waals surface area contributed by atoms with Crippen LogP contribution in [-0.4, -0.2) is 87.6 Å². The molecule has 0 unspecified atom stereocenters. The van der Waals surface area contributed by atoms with Gasteiger partial charge in [-0.25, -0.2) is 19.0 Å². The summed E-state index contributed by atoms with van der Waals surface area (Å²) in [4.78, 5) is 34.1. The molecule has 0 saturated heterocycles. The number of carbonyl (C=O) groups is 2. The van der Waals surface area contributed by atoms with E-state index in [0.717, 1.165) is 76.3 Å². The van der Waals surface area contributed by atoms with Crippen LogP contribution in [0.5, 0.6) is 0 Å². The molecule has 63 heavy (non-hydrogen) atoms. The number of rotatable bonds is 13. The van der Waals surface area contributed by atoms with E-state index in [1.807, 2.05) is 91.2 Å². The van der Waals surface area contributed by atoms with Crippen LogP contribution in [0.15, 0.2) is 91.3 Å². The molecule has 2 aliphatic carbocycles. The summed E-state index contributed by atoms with van der Waals surface area (Å²) in [6.45, 7) is 11.6. The summed E-state index contributed by atoms with van der Waals surface area (Å²) in [5.41, 5.74) is 9.37. The molecule has 0 bridgehead atoms. The van der Waals surface area contributed by atoms with Gasteiger partial charge < -0.3 is 31.5 Å². The van der Waals surface area contributed by atoms with E-state index in [4.69, 9.17) is 16.7 Å². The maximum absolute atomic E-state index is 12.6. The Hall–Kier alpha value is -6.35. The highest BCUT2D eigenvalue weighted by molar-refractivity contribution is 6.29. The normalized spacial score (nSPS) is 14.0. The summed E-state index contributed by atoms with van der Waals surface area (Å²) in [6.07, 6.45) is 7.76. The van der Waals surface area contributed by atoms with E-state index >= 15 is 0 Å². The van der Waals surface area contributed by atoms with Crippen LogP contribution in [0.4, 0.5) is 11.4 Å². The fourth-order valence-electron chi connectivity index (χ4n) is 7.07. The van der Waals surface area contributed by atoms with Gasteiger partial charge in [-0.1, -0.05) is 54.1 Å². The van der Waals surface area contributed by atoms with Crippen LogP contribution < -0.4 is 21.3 Å². The third-order valence-electron chi connectivity index (χ3n) is 10.8. The molecule has 2 fully saturated rings. The van der Waals surface area contributed by atoms with E-state index in [9.17, 15) is 19.8 Å². The fourth-order valence-corrected chi connectivity index (χ4v) is 7.26. The SMILES string of the molecule is Cc1cc(-c2cnc3c(NCC(C)(C)O)cc(-c4ccccc4)nn23)ccc1C(=O)NC1CC1.Cc1cc(-c2cnc3c(NCC(C)(C)O)cc(Cl)nn23)ccc1C(=O)NC1CC1. The van der Waals surface area contributed by atoms with Gasteiger partial charge in [0.25, 0.3) is 11.8 Å². The standard InChI is InChI=1S/C27H29N5O2.C21H24ClN5O2/c1-17-13-19(9-12-21(17)26(33)30-20-10-11-20)24-15-28-25-23(29-16-27(2,3)34)14-22(31-32(24)25)18-7-5-4-6-8-18;1-12-8-13(4-7-15(12)20(28)25-14-5-6-14)17-10-23-19-16(24-11-21(2,3)29)9-18(22)26-27(17)19/h4-9,12-15,20,29,34H,10-11,16H2,1-3H3,(H,30,33);4,7-10,14,24,29H,5-6,11H2,1-3H3,(H,25,28). The molecule has 15 heteroatoms. The molecule has 326 valence electrons. The van der Waals surface area contributed by atoms with Crippen molar-refractivity contribution in [1.82, 2.24) is 39.8 Å². The van der Waals surface area contributed by atoms with Gasteiger partial charge in [0.1, 0.15) is 0 Å². The Bertz CT molecular complexity index is 2820. The number of nitrogens with zero attached hydrogens (tertiary/aromatic N) is 6. The molecule has 4 aromatic heterocycles. The second-order valence-electron chi connectivity index (χ2n) is 17.8. The van der Waals surface area contributed by atoms with Crippen molar-refractivity contribution in [2.45, 2.75) is 90.5 Å². The Morgan fingerprint density at radius 3 is 1.56 bits per heavy atom. The van der Waals surface area contributed by atoms with Crippen molar-refractivity contribution in [3.05, 3.63) is 119 Å². The zero-order valence-corrected chi connectivity index (χ0v) is 37.1. The fraction of sp³-hybridized carbons (Fsp3) is 0.333. The van der Waals surface area contributed by atoms with E-state index in [0.29, 0.717) is 58.4 Å². The Morgan fingerprint density at radius 1 is 0.651 bits per heavy atom. The molecule has 0 radical (unpaired) electrons. The van der Waals surface area contributed by atoms with Gasteiger partial charge in [0.2, 0.25) is 0 Å². The summed E-state index contributed by atoms with van der Waals surface area (Å²) < 4.78 is 3.50. The van der Waals surface area contributed by atoms with Gasteiger partial charge in [0, 0.05) is 59.1 Å². The number of halogens is 1. The number of carbonyl (C=O) groups excluding carboxylic acids is 2. The lowest BCUT2D eigenvalue weighted by Crippen LogP contribution is -2.29. The maximum atomic E-state index is 12.6. The lowest BCUT2D eigenvalue weighted by molar-refractivity contribution is 0.0939. The molecule has 4 heterocycles. The van der Waals surface area contributed by atoms with E-state index in [2.05, 4.69) is 36.3 Å². The number of anilines is 2. The van der Waals surface area contributed by atoms with Gasteiger partial charge in [-0.05, 0) is 109 Å². The van der Waals surface area contributed by atoms with Crippen LogP contribution in [-0.2, 0) is 0 Å². The van der Waals surface area contributed by atoms with Crippen LogP contribution in [0, 0.1) is 13.8 Å². The molecular weight excluding hydrogens is 816 g/mol. The van der Waals surface area contributed by atoms with Gasteiger partial charge in [-0.2, -0.15) is 10.2 Å². The minimum atomic E-state index is -0.879. The minimum absolute atomic E-state index is 0.0210. The maximum Gasteiger partial charge on any atom is 0.251 e. The molecule has 3 aromatic carbocycles. The van der Waals surface area contributed by atoms with Crippen molar-refractivity contribution in [1.29, 1.82) is 0 Å². The first kappa shape index (κ1) is 43.3. The van der Waals surface area contributed by atoms with Crippen molar-refractivity contribution in [2.24, 2.45) is 0 Å². The monoisotopic (exact) mass is 868 g/mol. The highest BCUT2D eigenvalue weighted by Crippen LogP contribution is 2.31. The van der Waals surface area contributed by atoms with E-state index in [1.165, 1.54) is 0 Å². The molecule has 14 nitrogen and oxygen atoms in total. The highest BCUT2D eigenvalue weighted by atomic mass is 35.5. The highest BCUT2D eigenvalue weighted by Gasteiger charge is 2.26. The number of hydrogen-bond donors (Lipinski definition) is 6. The Balaban J connectivity index is 0.000000175. The quantitative estimate of drug-likeness (QED) is 0.0667. The summed E-state index contributed by atoms with van der Waals surface area (Å²) in [6, 6.07) is 25.8. The second-order valence-corrected chi connectivity index (χ2v) is 18.2. The van der Waals surface area contributed by atoms with Crippen LogP contribution >= 0.6 is 11.6 Å². The Labute approximate surface area is 371 Å². The molecule has 7 aromatic rings.